The third-order valence-corrected chi connectivity index (χ3v) is 5.89. The van der Waals surface area contributed by atoms with Crippen molar-refractivity contribution in [1.82, 2.24) is 0 Å². The highest BCUT2D eigenvalue weighted by Gasteiger charge is 2.33. The minimum absolute atomic E-state index is 0.142. The molecule has 0 radical (unpaired) electrons. The fraction of sp³-hybridized carbons (Fsp3) is 0.300. The average Bonchev–Trinajstić information content (AvgIpc) is 3.07. The van der Waals surface area contributed by atoms with Crippen molar-refractivity contribution >= 4 is 34.2 Å². The number of halogens is 1. The first-order valence-corrected chi connectivity index (χ1v) is 9.87. The van der Waals surface area contributed by atoms with Gasteiger partial charge in [-0.3, -0.25) is 9.79 Å². The number of carbonyl (C=O) groups is 1. The van der Waals surface area contributed by atoms with Gasteiger partial charge in [-0.1, -0.05) is 30.0 Å². The summed E-state index contributed by atoms with van der Waals surface area (Å²) in [5, 5.41) is 6.59. The number of amides is 1. The van der Waals surface area contributed by atoms with E-state index in [1.54, 1.807) is 12.1 Å². The lowest BCUT2D eigenvalue weighted by atomic mass is 9.89. The summed E-state index contributed by atoms with van der Waals surface area (Å²) in [6.45, 7) is 1.87. The Hall–Kier alpha value is -2.54. The SMILES string of the molecule is CC1(c2cc(NC(=O)C3Cc4ccccc4N3)ccc2F)CCSC(N)=N1. The van der Waals surface area contributed by atoms with E-state index >= 15 is 0 Å². The number of nitrogens with one attached hydrogen (secondary N) is 2. The van der Waals surface area contributed by atoms with Gasteiger partial charge in [0.05, 0.1) is 5.54 Å². The predicted octanol–water partition coefficient (Wildman–Crippen LogP) is 3.47. The zero-order chi connectivity index (χ0) is 19.0. The molecule has 2 unspecified atom stereocenters. The van der Waals surface area contributed by atoms with Gasteiger partial charge in [0.25, 0.3) is 0 Å². The van der Waals surface area contributed by atoms with Crippen LogP contribution in [-0.4, -0.2) is 22.9 Å². The average molecular weight is 384 g/mol. The smallest absolute Gasteiger partial charge is 0.247 e. The van der Waals surface area contributed by atoms with Crippen LogP contribution < -0.4 is 16.4 Å². The molecule has 4 N–H and O–H groups in total. The maximum Gasteiger partial charge on any atom is 0.247 e. The Bertz CT molecular complexity index is 907. The summed E-state index contributed by atoms with van der Waals surface area (Å²) in [6.07, 6.45) is 1.32. The van der Waals surface area contributed by atoms with Gasteiger partial charge in [0.1, 0.15) is 11.9 Å². The van der Waals surface area contributed by atoms with Crippen LogP contribution in [0.25, 0.3) is 0 Å². The highest BCUT2D eigenvalue weighted by Crippen LogP contribution is 2.37. The summed E-state index contributed by atoms with van der Waals surface area (Å²) in [5.74, 6) is 0.299. The van der Waals surface area contributed by atoms with Gasteiger partial charge in [0, 0.05) is 29.1 Å². The number of benzene rings is 2. The molecule has 0 saturated carbocycles. The fourth-order valence-electron chi connectivity index (χ4n) is 3.58. The molecule has 4 rings (SSSR count). The van der Waals surface area contributed by atoms with Crippen LogP contribution in [0.4, 0.5) is 15.8 Å². The Labute approximate surface area is 161 Å². The number of carbonyl (C=O) groups excluding carboxylic acids is 1. The fourth-order valence-corrected chi connectivity index (χ4v) is 4.56. The van der Waals surface area contributed by atoms with Gasteiger partial charge >= 0.3 is 0 Å². The Kier molecular flexibility index (Phi) is 4.55. The van der Waals surface area contributed by atoms with Crippen LogP contribution in [0.2, 0.25) is 0 Å². The quantitative estimate of drug-likeness (QED) is 0.757. The second-order valence-electron chi connectivity index (χ2n) is 7.06. The van der Waals surface area contributed by atoms with Crippen molar-refractivity contribution in [2.24, 2.45) is 10.7 Å². The largest absolute Gasteiger partial charge is 0.379 e. The first kappa shape index (κ1) is 17.9. The number of thioether (sulfide) groups is 1. The number of amidine groups is 1. The molecule has 0 fully saturated rings. The maximum absolute atomic E-state index is 14.5. The van der Waals surface area contributed by atoms with E-state index in [1.165, 1.54) is 17.8 Å². The number of hydrogen-bond donors (Lipinski definition) is 3. The molecule has 1 amide bonds. The summed E-state index contributed by atoms with van der Waals surface area (Å²) in [5.41, 5.74) is 8.24. The number of aliphatic imine (C=N–C) groups is 1. The van der Waals surface area contributed by atoms with Gasteiger partial charge in [-0.2, -0.15) is 0 Å². The topological polar surface area (TPSA) is 79.5 Å². The lowest BCUT2D eigenvalue weighted by Gasteiger charge is -2.30. The van der Waals surface area contributed by atoms with E-state index in [4.69, 9.17) is 5.73 Å². The molecule has 0 saturated heterocycles. The molecule has 0 bridgehead atoms. The summed E-state index contributed by atoms with van der Waals surface area (Å²) in [4.78, 5) is 17.1. The first-order chi connectivity index (χ1) is 12.9. The number of nitrogens with two attached hydrogens (primary N) is 1. The summed E-state index contributed by atoms with van der Waals surface area (Å²) in [7, 11) is 0. The highest BCUT2D eigenvalue weighted by atomic mass is 32.2. The zero-order valence-corrected chi connectivity index (χ0v) is 15.8. The van der Waals surface area contributed by atoms with Crippen molar-refractivity contribution < 1.29 is 9.18 Å². The molecule has 7 heteroatoms. The Morgan fingerprint density at radius 2 is 2.19 bits per heavy atom. The first-order valence-electron chi connectivity index (χ1n) is 8.88. The molecule has 0 aromatic heterocycles. The number of nitrogens with zero attached hydrogens (tertiary/aromatic N) is 1. The number of anilines is 2. The maximum atomic E-state index is 14.5. The molecule has 2 aliphatic rings. The van der Waals surface area contributed by atoms with E-state index in [1.807, 2.05) is 31.2 Å². The monoisotopic (exact) mass is 384 g/mol. The zero-order valence-electron chi connectivity index (χ0n) is 15.0. The summed E-state index contributed by atoms with van der Waals surface area (Å²) < 4.78 is 14.5. The third kappa shape index (κ3) is 3.51. The lowest BCUT2D eigenvalue weighted by molar-refractivity contribution is -0.116. The van der Waals surface area contributed by atoms with Crippen LogP contribution in [0.15, 0.2) is 47.5 Å². The molecule has 0 spiro atoms. The normalized spacial score (nSPS) is 23.9. The molecule has 140 valence electrons. The molecule has 2 aromatic carbocycles. The molecular formula is C20H21FN4OS. The number of fused-ring (bicyclic) bond motifs is 1. The van der Waals surface area contributed by atoms with Gasteiger partial charge < -0.3 is 16.4 Å². The van der Waals surface area contributed by atoms with Gasteiger partial charge in [-0.15, -0.1) is 0 Å². The number of hydrogen-bond acceptors (Lipinski definition) is 5. The minimum Gasteiger partial charge on any atom is -0.379 e. The molecule has 2 aromatic rings. The van der Waals surface area contributed by atoms with Crippen LogP contribution >= 0.6 is 11.8 Å². The summed E-state index contributed by atoms with van der Waals surface area (Å²) >= 11 is 1.47. The lowest BCUT2D eigenvalue weighted by Crippen LogP contribution is -2.33. The van der Waals surface area contributed by atoms with Crippen molar-refractivity contribution in [1.29, 1.82) is 0 Å². The van der Waals surface area contributed by atoms with Crippen LogP contribution in [0.5, 0.6) is 0 Å². The molecule has 0 aliphatic carbocycles. The van der Waals surface area contributed by atoms with Crippen molar-refractivity contribution in [2.45, 2.75) is 31.3 Å². The van der Waals surface area contributed by atoms with E-state index in [0.29, 0.717) is 29.3 Å². The van der Waals surface area contributed by atoms with Gasteiger partial charge in [-0.25, -0.2) is 4.39 Å². The second-order valence-corrected chi connectivity index (χ2v) is 8.18. The summed E-state index contributed by atoms with van der Waals surface area (Å²) in [6, 6.07) is 12.1. The number of para-hydroxylation sites is 1. The van der Waals surface area contributed by atoms with Gasteiger partial charge in [-0.05, 0) is 43.2 Å². The van der Waals surface area contributed by atoms with Crippen molar-refractivity contribution in [3.05, 3.63) is 59.4 Å². The van der Waals surface area contributed by atoms with E-state index in [0.717, 1.165) is 17.0 Å². The van der Waals surface area contributed by atoms with Crippen LogP contribution in [0, 0.1) is 5.82 Å². The van der Waals surface area contributed by atoms with Crippen molar-refractivity contribution in [3.8, 4) is 0 Å². The Morgan fingerprint density at radius 3 is 2.96 bits per heavy atom. The van der Waals surface area contributed by atoms with Crippen LogP contribution in [0.3, 0.4) is 0 Å². The predicted molar refractivity (Wildman–Crippen MR) is 109 cm³/mol. The standard InChI is InChI=1S/C20H21FN4OS/c1-20(8-9-27-19(22)25-20)14-11-13(6-7-15(14)21)23-18(26)17-10-12-4-2-3-5-16(12)24-17/h2-7,11,17,24H,8-10H2,1H3,(H2,22,25)(H,23,26). The molecule has 2 aliphatic heterocycles. The van der Waals surface area contributed by atoms with E-state index in [9.17, 15) is 9.18 Å². The Morgan fingerprint density at radius 1 is 1.37 bits per heavy atom. The highest BCUT2D eigenvalue weighted by molar-refractivity contribution is 8.13. The van der Waals surface area contributed by atoms with Gasteiger partial charge in [0.2, 0.25) is 5.91 Å². The second kappa shape index (κ2) is 6.88. The van der Waals surface area contributed by atoms with E-state index in [2.05, 4.69) is 15.6 Å². The molecule has 2 heterocycles. The number of rotatable bonds is 3. The minimum atomic E-state index is -0.720. The van der Waals surface area contributed by atoms with Crippen molar-refractivity contribution in [3.63, 3.8) is 0 Å². The van der Waals surface area contributed by atoms with E-state index < -0.39 is 5.54 Å². The molecule has 2 atom stereocenters. The Balaban J connectivity index is 1.54. The molecular weight excluding hydrogens is 363 g/mol. The van der Waals surface area contributed by atoms with Crippen LogP contribution in [0.1, 0.15) is 24.5 Å². The molecule has 5 nitrogen and oxygen atoms in total. The van der Waals surface area contributed by atoms with Crippen LogP contribution in [-0.2, 0) is 16.8 Å². The van der Waals surface area contributed by atoms with Crippen molar-refractivity contribution in [2.75, 3.05) is 16.4 Å². The van der Waals surface area contributed by atoms with Gasteiger partial charge in [0.15, 0.2) is 5.17 Å². The molecule has 27 heavy (non-hydrogen) atoms. The van der Waals surface area contributed by atoms with E-state index in [-0.39, 0.29) is 17.8 Å². The third-order valence-electron chi connectivity index (χ3n) is 5.10.